The third kappa shape index (κ3) is 4.01. The molecule has 0 aliphatic heterocycles. The number of carboxylic acid groups (broad SMARTS) is 1. The topological polar surface area (TPSA) is 106 Å². The smallest absolute Gasteiger partial charge is 0.409 e. The van der Waals surface area contributed by atoms with E-state index < -0.39 is 6.09 Å². The molecule has 29 heavy (non-hydrogen) atoms. The van der Waals surface area contributed by atoms with Gasteiger partial charge in [-0.3, -0.25) is 10.00 Å². The molecule has 2 N–H and O–H groups in total. The van der Waals surface area contributed by atoms with Gasteiger partial charge in [0.25, 0.3) is 0 Å². The van der Waals surface area contributed by atoms with Crippen LogP contribution < -0.4 is 5.32 Å². The molecule has 1 amide bonds. The van der Waals surface area contributed by atoms with Crippen LogP contribution in [0, 0.1) is 13.8 Å². The third-order valence-electron chi connectivity index (χ3n) is 4.58. The van der Waals surface area contributed by atoms with Crippen LogP contribution in [0.25, 0.3) is 22.6 Å². The summed E-state index contributed by atoms with van der Waals surface area (Å²) in [6.07, 6.45) is 0.119. The third-order valence-corrected chi connectivity index (χ3v) is 4.58. The van der Waals surface area contributed by atoms with Gasteiger partial charge in [-0.1, -0.05) is 35.0 Å². The average molecular weight is 389 g/mol. The zero-order chi connectivity index (χ0) is 20.4. The number of nitrogens with zero attached hydrogens (tertiary/aromatic N) is 4. The quantitative estimate of drug-likeness (QED) is 0.525. The SMILES string of the molecule is Cc1ccc(Cn2nc(-c3cc(NC(=O)O)ccc3-c3ncon3)cc2C)cc1. The lowest BCUT2D eigenvalue weighted by atomic mass is 10.0. The normalized spacial score (nSPS) is 10.8. The van der Waals surface area contributed by atoms with Crippen molar-refractivity contribution in [1.29, 1.82) is 0 Å². The van der Waals surface area contributed by atoms with E-state index in [4.69, 9.17) is 14.7 Å². The molecule has 0 radical (unpaired) electrons. The lowest BCUT2D eigenvalue weighted by molar-refractivity contribution is 0.210. The minimum atomic E-state index is -1.13. The maximum Gasteiger partial charge on any atom is 0.409 e. The Kier molecular flexibility index (Phi) is 4.82. The number of anilines is 1. The van der Waals surface area contributed by atoms with Gasteiger partial charge in [0.2, 0.25) is 12.2 Å². The summed E-state index contributed by atoms with van der Waals surface area (Å²) in [7, 11) is 0. The van der Waals surface area contributed by atoms with Crippen LogP contribution in [-0.2, 0) is 6.54 Å². The summed E-state index contributed by atoms with van der Waals surface area (Å²) in [6.45, 7) is 4.67. The highest BCUT2D eigenvalue weighted by molar-refractivity contribution is 5.88. The molecule has 0 spiro atoms. The van der Waals surface area contributed by atoms with Crippen molar-refractivity contribution in [1.82, 2.24) is 19.9 Å². The van der Waals surface area contributed by atoms with Crippen LogP contribution in [0.5, 0.6) is 0 Å². The number of hydrogen-bond donors (Lipinski definition) is 2. The van der Waals surface area contributed by atoms with Crippen LogP contribution >= 0.6 is 0 Å². The minimum Gasteiger partial charge on any atom is -0.465 e. The molecule has 2 aromatic carbocycles. The lowest BCUT2D eigenvalue weighted by Gasteiger charge is -2.08. The Labute approximate surface area is 166 Å². The van der Waals surface area contributed by atoms with Crippen LogP contribution in [0.4, 0.5) is 10.5 Å². The second-order valence-electron chi connectivity index (χ2n) is 6.76. The van der Waals surface area contributed by atoms with Crippen molar-refractivity contribution in [3.63, 3.8) is 0 Å². The minimum absolute atomic E-state index is 0.410. The molecule has 0 saturated heterocycles. The highest BCUT2D eigenvalue weighted by Gasteiger charge is 2.16. The van der Waals surface area contributed by atoms with Crippen molar-refractivity contribution in [2.45, 2.75) is 20.4 Å². The van der Waals surface area contributed by atoms with Gasteiger partial charge in [-0.15, -0.1) is 0 Å². The van der Waals surface area contributed by atoms with Gasteiger partial charge in [0, 0.05) is 22.5 Å². The molecule has 0 fully saturated rings. The number of nitrogens with one attached hydrogen (secondary N) is 1. The Morgan fingerprint density at radius 3 is 2.59 bits per heavy atom. The maximum absolute atomic E-state index is 11.0. The monoisotopic (exact) mass is 389 g/mol. The van der Waals surface area contributed by atoms with Gasteiger partial charge < -0.3 is 9.63 Å². The van der Waals surface area contributed by atoms with Crippen LogP contribution in [-0.4, -0.2) is 31.1 Å². The molecule has 0 unspecified atom stereocenters. The summed E-state index contributed by atoms with van der Waals surface area (Å²) in [5.74, 6) is 0.410. The summed E-state index contributed by atoms with van der Waals surface area (Å²) in [4.78, 5) is 15.2. The van der Waals surface area contributed by atoms with Gasteiger partial charge in [0.05, 0.1) is 12.2 Å². The van der Waals surface area contributed by atoms with Gasteiger partial charge in [-0.25, -0.2) is 4.79 Å². The number of aromatic nitrogens is 4. The van der Waals surface area contributed by atoms with Crippen LogP contribution in [0.3, 0.4) is 0 Å². The van der Waals surface area contributed by atoms with Crippen molar-refractivity contribution >= 4 is 11.8 Å². The first-order valence-electron chi connectivity index (χ1n) is 9.01. The summed E-state index contributed by atoms with van der Waals surface area (Å²) in [6, 6.07) is 15.4. The Morgan fingerprint density at radius 1 is 1.10 bits per heavy atom. The first-order chi connectivity index (χ1) is 14.0. The number of hydrogen-bond acceptors (Lipinski definition) is 5. The standard InChI is InChI=1S/C21H19N5O3/c1-13-3-5-15(6-4-13)11-26-14(2)9-19(24-26)18-10-16(23-21(27)28)7-8-17(18)20-22-12-29-25-20/h3-10,12,23H,11H2,1-2H3,(H,27,28). The first kappa shape index (κ1) is 18.4. The summed E-state index contributed by atoms with van der Waals surface area (Å²) in [5.41, 5.74) is 5.88. The molecule has 0 atom stereocenters. The van der Waals surface area contributed by atoms with Gasteiger partial charge in [0.1, 0.15) is 0 Å². The van der Waals surface area contributed by atoms with E-state index in [9.17, 15) is 4.79 Å². The fourth-order valence-electron chi connectivity index (χ4n) is 3.11. The van der Waals surface area contributed by atoms with Gasteiger partial charge in [0.15, 0.2) is 0 Å². The number of carbonyl (C=O) groups is 1. The fraction of sp³-hybridized carbons (Fsp3) is 0.143. The van der Waals surface area contributed by atoms with Crippen molar-refractivity contribution in [2.24, 2.45) is 0 Å². The maximum atomic E-state index is 11.0. The summed E-state index contributed by atoms with van der Waals surface area (Å²) in [5, 5.41) is 20.1. The van der Waals surface area contributed by atoms with Gasteiger partial charge >= 0.3 is 6.09 Å². The number of aryl methyl sites for hydroxylation is 2. The summed E-state index contributed by atoms with van der Waals surface area (Å²) < 4.78 is 6.79. The zero-order valence-corrected chi connectivity index (χ0v) is 16.0. The lowest BCUT2D eigenvalue weighted by Crippen LogP contribution is -2.07. The Balaban J connectivity index is 1.75. The largest absolute Gasteiger partial charge is 0.465 e. The zero-order valence-electron chi connectivity index (χ0n) is 16.0. The van der Waals surface area contributed by atoms with Crippen LogP contribution in [0.2, 0.25) is 0 Å². The Bertz CT molecular complexity index is 1150. The van der Waals surface area contributed by atoms with E-state index in [0.29, 0.717) is 34.9 Å². The fourth-order valence-corrected chi connectivity index (χ4v) is 3.11. The Hall–Kier alpha value is -3.94. The Morgan fingerprint density at radius 2 is 1.90 bits per heavy atom. The first-order valence-corrected chi connectivity index (χ1v) is 9.01. The van der Waals surface area contributed by atoms with E-state index in [1.54, 1.807) is 18.2 Å². The summed E-state index contributed by atoms with van der Waals surface area (Å²) >= 11 is 0. The molecule has 4 rings (SSSR count). The molecule has 0 saturated carbocycles. The van der Waals surface area contributed by atoms with Crippen molar-refractivity contribution in [3.8, 4) is 22.6 Å². The molecule has 8 heteroatoms. The number of benzene rings is 2. The highest BCUT2D eigenvalue weighted by Crippen LogP contribution is 2.32. The number of amides is 1. The molecule has 2 aromatic heterocycles. The predicted molar refractivity (Wildman–Crippen MR) is 108 cm³/mol. The van der Waals surface area contributed by atoms with E-state index in [0.717, 1.165) is 11.3 Å². The second-order valence-corrected chi connectivity index (χ2v) is 6.76. The number of rotatable bonds is 5. The van der Waals surface area contributed by atoms with Crippen molar-refractivity contribution in [2.75, 3.05) is 5.32 Å². The highest BCUT2D eigenvalue weighted by atomic mass is 16.5. The van der Waals surface area contributed by atoms with E-state index in [1.807, 2.05) is 17.7 Å². The second kappa shape index (κ2) is 7.59. The van der Waals surface area contributed by atoms with Gasteiger partial charge in [-0.2, -0.15) is 10.1 Å². The van der Waals surface area contributed by atoms with Crippen molar-refractivity contribution in [3.05, 3.63) is 71.7 Å². The van der Waals surface area contributed by atoms with Crippen molar-refractivity contribution < 1.29 is 14.4 Å². The molecule has 0 bridgehead atoms. The molecule has 8 nitrogen and oxygen atoms in total. The van der Waals surface area contributed by atoms with Crippen LogP contribution in [0.15, 0.2) is 59.4 Å². The van der Waals surface area contributed by atoms with E-state index in [1.165, 1.54) is 12.0 Å². The molecule has 146 valence electrons. The van der Waals surface area contributed by atoms with E-state index in [2.05, 4.69) is 46.6 Å². The molecule has 0 aliphatic carbocycles. The molecular weight excluding hydrogens is 370 g/mol. The molecule has 4 aromatic rings. The molecule has 0 aliphatic rings. The van der Waals surface area contributed by atoms with E-state index >= 15 is 0 Å². The molecule has 2 heterocycles. The molecular formula is C21H19N5O3. The van der Waals surface area contributed by atoms with Crippen LogP contribution in [0.1, 0.15) is 16.8 Å². The predicted octanol–water partition coefficient (Wildman–Crippen LogP) is 4.36. The average Bonchev–Trinajstić information content (AvgIpc) is 3.34. The van der Waals surface area contributed by atoms with Gasteiger partial charge in [-0.05, 0) is 43.7 Å². The van der Waals surface area contributed by atoms with E-state index in [-0.39, 0.29) is 0 Å².